The molecule has 0 unspecified atom stereocenters. The molecule has 1 fully saturated rings. The smallest absolute Gasteiger partial charge is 0.272 e. The lowest BCUT2D eigenvalue weighted by atomic mass is 9.99. The van der Waals surface area contributed by atoms with Gasteiger partial charge in [-0.3, -0.25) is 4.79 Å². The molecule has 0 spiro atoms. The van der Waals surface area contributed by atoms with E-state index in [0.29, 0.717) is 23.1 Å². The Kier molecular flexibility index (Phi) is 4.37. The average molecular weight is 349 g/mol. The van der Waals surface area contributed by atoms with Crippen LogP contribution in [0.3, 0.4) is 0 Å². The number of benzene rings is 1. The highest BCUT2D eigenvalue weighted by Crippen LogP contribution is 2.26. The molecule has 1 aliphatic heterocycles. The van der Waals surface area contributed by atoms with E-state index in [1.807, 2.05) is 60.4 Å². The summed E-state index contributed by atoms with van der Waals surface area (Å²) in [6.07, 6.45) is 2.10. The van der Waals surface area contributed by atoms with Crippen LogP contribution < -0.4 is 0 Å². The maximum absolute atomic E-state index is 13.2. The Morgan fingerprint density at radius 3 is 2.50 bits per heavy atom. The summed E-state index contributed by atoms with van der Waals surface area (Å²) in [5, 5.41) is 4.67. The van der Waals surface area contributed by atoms with Gasteiger partial charge in [-0.15, -0.1) is 0 Å². The van der Waals surface area contributed by atoms with Gasteiger partial charge in [0.05, 0.1) is 5.69 Å². The Balaban J connectivity index is 1.74. The molecule has 1 aromatic carbocycles. The Bertz CT molecular complexity index is 902. The Hall–Kier alpha value is -2.82. The average Bonchev–Trinajstić information content (AvgIpc) is 3.29. The first-order chi connectivity index (χ1) is 12.6. The van der Waals surface area contributed by atoms with Crippen molar-refractivity contribution in [2.45, 2.75) is 26.7 Å². The number of piperidine rings is 1. The summed E-state index contributed by atoms with van der Waals surface area (Å²) in [4.78, 5) is 15.1. The van der Waals surface area contributed by atoms with Crippen molar-refractivity contribution in [1.29, 1.82) is 0 Å². The van der Waals surface area contributed by atoms with Crippen LogP contribution in [0.4, 0.5) is 0 Å². The van der Waals surface area contributed by atoms with Gasteiger partial charge in [0.25, 0.3) is 5.91 Å². The highest BCUT2D eigenvalue weighted by atomic mass is 16.3. The minimum absolute atomic E-state index is 0.0304. The third-order valence-electron chi connectivity index (χ3n) is 4.99. The standard InChI is InChI=1S/C21H23N3O2/c1-15-10-12-23(13-11-15)21(25)19-14-18(20-9-8-16(2)26-20)22-24(19)17-6-4-3-5-7-17/h3-9,14-15H,10-13H2,1-2H3. The topological polar surface area (TPSA) is 51.3 Å². The van der Waals surface area contributed by atoms with E-state index >= 15 is 0 Å². The lowest BCUT2D eigenvalue weighted by molar-refractivity contribution is 0.0688. The van der Waals surface area contributed by atoms with Crippen LogP contribution in [0.2, 0.25) is 0 Å². The van der Waals surface area contributed by atoms with Crippen LogP contribution in [-0.4, -0.2) is 33.7 Å². The molecule has 0 N–H and O–H groups in total. The van der Waals surface area contributed by atoms with Crippen molar-refractivity contribution < 1.29 is 9.21 Å². The molecule has 0 saturated carbocycles. The number of aryl methyl sites for hydroxylation is 1. The molecule has 0 radical (unpaired) electrons. The summed E-state index contributed by atoms with van der Waals surface area (Å²) >= 11 is 0. The fourth-order valence-electron chi connectivity index (χ4n) is 3.37. The van der Waals surface area contributed by atoms with Crippen molar-refractivity contribution in [2.24, 2.45) is 5.92 Å². The maximum Gasteiger partial charge on any atom is 0.272 e. The Morgan fingerprint density at radius 1 is 1.12 bits per heavy atom. The van der Waals surface area contributed by atoms with E-state index in [9.17, 15) is 4.79 Å². The Morgan fingerprint density at radius 2 is 1.85 bits per heavy atom. The van der Waals surface area contributed by atoms with Crippen molar-refractivity contribution in [3.8, 4) is 17.1 Å². The second-order valence-corrected chi connectivity index (χ2v) is 7.05. The lowest BCUT2D eigenvalue weighted by Crippen LogP contribution is -2.38. The van der Waals surface area contributed by atoms with Gasteiger partial charge < -0.3 is 9.32 Å². The molecular formula is C21H23N3O2. The fraction of sp³-hybridized carbons (Fsp3) is 0.333. The molecule has 0 atom stereocenters. The summed E-state index contributed by atoms with van der Waals surface area (Å²) in [5.74, 6) is 2.22. The first kappa shape index (κ1) is 16.6. The lowest BCUT2D eigenvalue weighted by Gasteiger charge is -2.30. The molecule has 26 heavy (non-hydrogen) atoms. The van der Waals surface area contributed by atoms with Crippen molar-refractivity contribution in [3.05, 3.63) is 60.0 Å². The van der Waals surface area contributed by atoms with Gasteiger partial charge in [-0.2, -0.15) is 5.10 Å². The molecule has 0 bridgehead atoms. The number of para-hydroxylation sites is 1. The number of carbonyl (C=O) groups excluding carboxylic acids is 1. The van der Waals surface area contributed by atoms with Crippen molar-refractivity contribution in [1.82, 2.24) is 14.7 Å². The second-order valence-electron chi connectivity index (χ2n) is 7.05. The van der Waals surface area contributed by atoms with Gasteiger partial charge in [0, 0.05) is 19.2 Å². The third-order valence-corrected chi connectivity index (χ3v) is 4.99. The monoisotopic (exact) mass is 349 g/mol. The molecule has 5 nitrogen and oxygen atoms in total. The van der Waals surface area contributed by atoms with Crippen molar-refractivity contribution in [2.75, 3.05) is 13.1 Å². The highest BCUT2D eigenvalue weighted by molar-refractivity contribution is 5.94. The van der Waals surface area contributed by atoms with Crippen LogP contribution in [0.25, 0.3) is 17.1 Å². The molecule has 4 rings (SSSR count). The van der Waals surface area contributed by atoms with E-state index in [-0.39, 0.29) is 5.91 Å². The molecular weight excluding hydrogens is 326 g/mol. The normalized spacial score (nSPS) is 15.4. The van der Waals surface area contributed by atoms with E-state index in [1.165, 1.54) is 0 Å². The van der Waals surface area contributed by atoms with Crippen LogP contribution in [0.15, 0.2) is 52.9 Å². The molecule has 3 aromatic rings. The number of aromatic nitrogens is 2. The largest absolute Gasteiger partial charge is 0.460 e. The van der Waals surface area contributed by atoms with E-state index < -0.39 is 0 Å². The molecule has 1 saturated heterocycles. The zero-order valence-corrected chi connectivity index (χ0v) is 15.2. The molecule has 2 aromatic heterocycles. The number of carbonyl (C=O) groups is 1. The van der Waals surface area contributed by atoms with Crippen LogP contribution >= 0.6 is 0 Å². The number of rotatable bonds is 3. The summed E-state index contributed by atoms with van der Waals surface area (Å²) in [7, 11) is 0. The van der Waals surface area contributed by atoms with Crippen LogP contribution in [0.1, 0.15) is 36.0 Å². The number of amides is 1. The zero-order valence-electron chi connectivity index (χ0n) is 15.2. The number of hydrogen-bond donors (Lipinski definition) is 0. The van der Waals surface area contributed by atoms with E-state index in [0.717, 1.165) is 37.4 Å². The number of likely N-dealkylation sites (tertiary alicyclic amines) is 1. The Labute approximate surface area is 153 Å². The third kappa shape index (κ3) is 3.17. The van der Waals surface area contributed by atoms with E-state index in [4.69, 9.17) is 4.42 Å². The van der Waals surface area contributed by atoms with Crippen molar-refractivity contribution in [3.63, 3.8) is 0 Å². The number of furan rings is 1. The first-order valence-electron chi connectivity index (χ1n) is 9.13. The quantitative estimate of drug-likeness (QED) is 0.708. The second kappa shape index (κ2) is 6.83. The fourth-order valence-corrected chi connectivity index (χ4v) is 3.37. The van der Waals surface area contributed by atoms with Gasteiger partial charge in [0.15, 0.2) is 5.76 Å². The molecule has 0 aliphatic carbocycles. The van der Waals surface area contributed by atoms with Crippen LogP contribution in [0.5, 0.6) is 0 Å². The van der Waals surface area contributed by atoms with Crippen molar-refractivity contribution >= 4 is 5.91 Å². The minimum Gasteiger partial charge on any atom is -0.460 e. The minimum atomic E-state index is 0.0304. The molecule has 5 heteroatoms. The predicted molar refractivity (Wildman–Crippen MR) is 100 cm³/mol. The summed E-state index contributed by atoms with van der Waals surface area (Å²) in [6, 6.07) is 15.4. The number of nitrogens with zero attached hydrogens (tertiary/aromatic N) is 3. The van der Waals surface area contributed by atoms with Gasteiger partial charge >= 0.3 is 0 Å². The predicted octanol–water partition coefficient (Wildman–Crippen LogP) is 4.31. The van der Waals surface area contributed by atoms with E-state index in [1.54, 1.807) is 4.68 Å². The van der Waals surface area contributed by atoms with E-state index in [2.05, 4.69) is 12.0 Å². The summed E-state index contributed by atoms with van der Waals surface area (Å²) in [6.45, 7) is 5.75. The first-order valence-corrected chi connectivity index (χ1v) is 9.13. The molecule has 3 heterocycles. The van der Waals surface area contributed by atoms with Gasteiger partial charge in [0.1, 0.15) is 17.1 Å². The van der Waals surface area contributed by atoms with Gasteiger partial charge in [-0.25, -0.2) is 4.68 Å². The van der Waals surface area contributed by atoms with Crippen LogP contribution in [0, 0.1) is 12.8 Å². The number of hydrogen-bond acceptors (Lipinski definition) is 3. The maximum atomic E-state index is 13.2. The van der Waals surface area contributed by atoms with Crippen LogP contribution in [-0.2, 0) is 0 Å². The molecule has 1 amide bonds. The van der Waals surface area contributed by atoms with Gasteiger partial charge in [0.2, 0.25) is 0 Å². The molecule has 134 valence electrons. The summed E-state index contributed by atoms with van der Waals surface area (Å²) in [5.41, 5.74) is 2.13. The van der Waals surface area contributed by atoms with Gasteiger partial charge in [-0.05, 0) is 49.9 Å². The molecule has 1 aliphatic rings. The zero-order chi connectivity index (χ0) is 18.1. The van der Waals surface area contributed by atoms with Gasteiger partial charge in [-0.1, -0.05) is 25.1 Å². The SMILES string of the molecule is Cc1ccc(-c2cc(C(=O)N3CCC(C)CC3)n(-c3ccccc3)n2)o1. The summed E-state index contributed by atoms with van der Waals surface area (Å²) < 4.78 is 7.44. The highest BCUT2D eigenvalue weighted by Gasteiger charge is 2.26.